The average molecular weight is 205 g/mol. The summed E-state index contributed by atoms with van der Waals surface area (Å²) in [7, 11) is 0. The first kappa shape index (κ1) is 11.1. The molecule has 0 radical (unpaired) electrons. The van der Waals surface area contributed by atoms with Gasteiger partial charge in [0.05, 0.1) is 0 Å². The van der Waals surface area contributed by atoms with Crippen molar-refractivity contribution in [2.75, 3.05) is 0 Å². The van der Waals surface area contributed by atoms with Gasteiger partial charge in [-0.25, -0.2) is 14.8 Å². The Kier molecular flexibility index (Phi) is 3.16. The van der Waals surface area contributed by atoms with Crippen LogP contribution in [0, 0.1) is 0 Å². The molecule has 0 amide bonds. The summed E-state index contributed by atoms with van der Waals surface area (Å²) in [5, 5.41) is 8.96. The number of aromatic amines is 1. The minimum Gasteiger partial charge on any atom is -0.478 e. The van der Waals surface area contributed by atoms with Crippen molar-refractivity contribution in [3.8, 4) is 0 Å². The van der Waals surface area contributed by atoms with E-state index >= 15 is 0 Å². The number of fused-ring (bicyclic) bond motifs is 1. The zero-order valence-electron chi connectivity index (χ0n) is 7.28. The maximum absolute atomic E-state index is 10.7. The first-order valence-corrected chi connectivity index (χ1v) is 3.79. The first-order valence-electron chi connectivity index (χ1n) is 3.41. The number of aromatic nitrogens is 3. The molecule has 2 heterocycles. The number of halogens is 1. The Balaban J connectivity index is 0.000000980. The molecular weight excluding hydrogens is 200 g/mol. The van der Waals surface area contributed by atoms with Gasteiger partial charge < -0.3 is 10.1 Å². The zero-order chi connectivity index (χ0) is 9.42. The maximum atomic E-state index is 10.7. The van der Waals surface area contributed by atoms with Gasteiger partial charge in [-0.15, -0.1) is 0 Å². The van der Waals surface area contributed by atoms with Crippen LogP contribution >= 0.6 is 11.6 Å². The molecule has 0 bridgehead atoms. The van der Waals surface area contributed by atoms with Gasteiger partial charge in [0.15, 0.2) is 5.15 Å². The van der Waals surface area contributed by atoms with E-state index in [-0.39, 0.29) is 29.6 Å². The fourth-order valence-corrected chi connectivity index (χ4v) is 1.26. The summed E-state index contributed by atoms with van der Waals surface area (Å²) in [5.74, 6) is -1.04. The smallest absolute Gasteiger partial charge is 0.478 e. The van der Waals surface area contributed by atoms with Gasteiger partial charge in [-0.3, -0.25) is 0 Å². The number of carbonyl (C=O) groups is 1. The van der Waals surface area contributed by atoms with E-state index in [2.05, 4.69) is 15.0 Å². The zero-order valence-corrected chi connectivity index (χ0v) is 8.04. The quantitative estimate of drug-likeness (QED) is 0.429. The minimum absolute atomic E-state index is 0. The van der Waals surface area contributed by atoms with Crippen molar-refractivity contribution < 1.29 is 28.8 Å². The molecule has 66 valence electrons. The third-order valence-corrected chi connectivity index (χ3v) is 1.93. The Morgan fingerprint density at radius 2 is 2.21 bits per heavy atom. The molecule has 0 aliphatic heterocycles. The van der Waals surface area contributed by atoms with E-state index in [0.717, 1.165) is 0 Å². The molecule has 2 rings (SSSR count). The second kappa shape index (κ2) is 4.01. The molecule has 7 heteroatoms. The van der Waals surface area contributed by atoms with Crippen molar-refractivity contribution in [3.05, 3.63) is 23.2 Å². The summed E-state index contributed by atoms with van der Waals surface area (Å²) in [4.78, 5) is 20.9. The second-order valence-electron chi connectivity index (χ2n) is 2.40. The van der Waals surface area contributed by atoms with Gasteiger partial charge in [0.2, 0.25) is 0 Å². The summed E-state index contributed by atoms with van der Waals surface area (Å²) in [6, 6.07) is 0. The van der Waals surface area contributed by atoms with Crippen LogP contribution in [-0.2, 0) is 0 Å². The normalized spacial score (nSPS) is 9.79. The Bertz CT molecular complexity index is 485. The van der Waals surface area contributed by atoms with Crippen molar-refractivity contribution in [2.24, 2.45) is 0 Å². The van der Waals surface area contributed by atoms with E-state index in [4.69, 9.17) is 16.7 Å². The van der Waals surface area contributed by atoms with Crippen molar-refractivity contribution in [3.63, 3.8) is 0 Å². The topological polar surface area (TPSA) is 78.9 Å². The van der Waals surface area contributed by atoms with Gasteiger partial charge in [0.1, 0.15) is 22.9 Å². The van der Waals surface area contributed by atoms with Crippen molar-refractivity contribution in [1.82, 2.24) is 15.0 Å². The van der Waals surface area contributed by atoms with Crippen LogP contribution in [0.1, 0.15) is 10.4 Å². The molecule has 0 saturated carbocycles. The number of rotatable bonds is 1. The molecule has 0 spiro atoms. The van der Waals surface area contributed by atoms with Crippen LogP contribution in [0.5, 0.6) is 0 Å². The van der Waals surface area contributed by atoms with Crippen LogP contribution in [0.25, 0.3) is 11.0 Å². The molecule has 0 aliphatic rings. The first-order chi connectivity index (χ1) is 6.20. The van der Waals surface area contributed by atoms with Gasteiger partial charge in [0, 0.05) is 6.20 Å². The number of carboxylic acids is 1. The molecule has 5 nitrogen and oxygen atoms in total. The third kappa shape index (κ3) is 1.62. The number of nitrogens with zero attached hydrogens (tertiary/aromatic N) is 2. The summed E-state index contributed by atoms with van der Waals surface area (Å²) >= 11 is 5.70. The summed E-state index contributed by atoms with van der Waals surface area (Å²) in [6.07, 6.45) is 2.57. The SMILES string of the molecule is O=C(O)c1c[nH]c2c(Cl)ncnc12.[Li+]. The van der Waals surface area contributed by atoms with E-state index in [9.17, 15) is 4.79 Å². The standard InChI is InChI=1S/C7H4ClN3O2.Li/c8-6-5-4(10-2-11-6)3(1-9-5)7(12)13;/h1-2,9H,(H,12,13);/q;+1. The van der Waals surface area contributed by atoms with Gasteiger partial charge >= 0.3 is 24.8 Å². The number of hydrogen-bond acceptors (Lipinski definition) is 3. The second-order valence-corrected chi connectivity index (χ2v) is 2.75. The molecule has 2 aromatic heterocycles. The largest absolute Gasteiger partial charge is 1.00 e. The summed E-state index contributed by atoms with van der Waals surface area (Å²) < 4.78 is 0. The maximum Gasteiger partial charge on any atom is 1.00 e. The monoisotopic (exact) mass is 204 g/mol. The van der Waals surface area contributed by atoms with Crippen LogP contribution in [-0.4, -0.2) is 26.0 Å². The molecule has 0 aliphatic carbocycles. The fraction of sp³-hybridized carbons (Fsp3) is 0. The van der Waals surface area contributed by atoms with E-state index in [1.807, 2.05) is 0 Å². The molecule has 0 aromatic carbocycles. The molecule has 0 unspecified atom stereocenters. The Hall–Kier alpha value is -1.02. The fourth-order valence-electron chi connectivity index (χ4n) is 1.07. The number of H-pyrrole nitrogens is 1. The Labute approximate surface area is 95.7 Å². The third-order valence-electron chi connectivity index (χ3n) is 1.65. The van der Waals surface area contributed by atoms with Crippen molar-refractivity contribution >= 4 is 28.6 Å². The molecule has 14 heavy (non-hydrogen) atoms. The minimum atomic E-state index is -1.04. The number of carboxylic acid groups (broad SMARTS) is 1. The predicted molar refractivity (Wildman–Crippen MR) is 45.9 cm³/mol. The van der Waals surface area contributed by atoms with Crippen molar-refractivity contribution in [2.45, 2.75) is 0 Å². The Morgan fingerprint density at radius 3 is 2.86 bits per heavy atom. The van der Waals surface area contributed by atoms with Gasteiger partial charge in [0.25, 0.3) is 0 Å². The molecule has 0 atom stereocenters. The molecular formula is C7H4ClLiN3O2+. The van der Waals surface area contributed by atoms with Crippen LogP contribution in [0.4, 0.5) is 0 Å². The van der Waals surface area contributed by atoms with E-state index in [1.165, 1.54) is 12.5 Å². The Morgan fingerprint density at radius 1 is 1.50 bits per heavy atom. The number of hydrogen-bond donors (Lipinski definition) is 2. The van der Waals surface area contributed by atoms with Gasteiger partial charge in [-0.2, -0.15) is 0 Å². The van der Waals surface area contributed by atoms with Crippen LogP contribution in [0.15, 0.2) is 12.5 Å². The van der Waals surface area contributed by atoms with Crippen molar-refractivity contribution in [1.29, 1.82) is 0 Å². The number of nitrogens with one attached hydrogen (secondary N) is 1. The molecule has 0 fully saturated rings. The summed E-state index contributed by atoms with van der Waals surface area (Å²) in [5.41, 5.74) is 0.869. The summed E-state index contributed by atoms with van der Waals surface area (Å²) in [6.45, 7) is 0. The van der Waals surface area contributed by atoms with Crippen LogP contribution < -0.4 is 18.9 Å². The molecule has 2 aromatic rings. The average Bonchev–Trinajstić information content (AvgIpc) is 2.48. The van der Waals surface area contributed by atoms with Gasteiger partial charge in [-0.05, 0) is 0 Å². The van der Waals surface area contributed by atoms with Gasteiger partial charge in [-0.1, -0.05) is 11.6 Å². The number of aromatic carboxylic acids is 1. The molecule has 0 saturated heterocycles. The van der Waals surface area contributed by atoms with E-state index in [0.29, 0.717) is 11.0 Å². The van der Waals surface area contributed by atoms with Crippen LogP contribution in [0.2, 0.25) is 5.15 Å². The molecule has 2 N–H and O–H groups in total. The van der Waals surface area contributed by atoms with E-state index in [1.54, 1.807) is 0 Å². The van der Waals surface area contributed by atoms with Crippen LogP contribution in [0.3, 0.4) is 0 Å². The van der Waals surface area contributed by atoms with E-state index < -0.39 is 5.97 Å². The predicted octanol–water partition coefficient (Wildman–Crippen LogP) is -1.69.